The third-order valence-electron chi connectivity index (χ3n) is 0.802. The summed E-state index contributed by atoms with van der Waals surface area (Å²) < 4.78 is 3.13. The molecular weight excluding hydrogens is 94.1 g/mol. The minimum atomic E-state index is 0.727. The van der Waals surface area contributed by atoms with Crippen molar-refractivity contribution >= 4 is 11.9 Å². The van der Waals surface area contributed by atoms with Crippen molar-refractivity contribution in [1.29, 1.82) is 0 Å². The molecule has 1 nitrogen and oxygen atoms in total. The van der Waals surface area contributed by atoms with E-state index in [9.17, 15) is 0 Å². The highest BCUT2D eigenvalue weighted by Crippen LogP contribution is 2.13. The van der Waals surface area contributed by atoms with Gasteiger partial charge in [-0.3, -0.25) is 4.72 Å². The molecule has 0 aromatic heterocycles. The molecule has 0 amide bonds. The average molecular weight is 102 g/mol. The summed E-state index contributed by atoms with van der Waals surface area (Å²) in [7, 11) is 0. The molecule has 1 fully saturated rings. The molecule has 0 aliphatic carbocycles. The van der Waals surface area contributed by atoms with Crippen LogP contribution in [0.4, 0.5) is 0 Å². The van der Waals surface area contributed by atoms with Gasteiger partial charge in [0, 0.05) is 11.8 Å². The highest BCUT2D eigenvalue weighted by molar-refractivity contribution is 7.98. The van der Waals surface area contributed by atoms with Crippen LogP contribution >= 0.6 is 11.9 Å². The molecule has 0 saturated carbocycles. The van der Waals surface area contributed by atoms with Crippen molar-refractivity contribution in [3.63, 3.8) is 0 Å². The van der Waals surface area contributed by atoms with Crippen molar-refractivity contribution in [3.8, 4) is 0 Å². The molecule has 1 aliphatic rings. The maximum atomic E-state index is 3.13. The SMILES string of the molecule is CC1[CH]CNS1. The molecule has 1 aliphatic heterocycles. The lowest BCUT2D eigenvalue weighted by molar-refractivity contribution is 1.04. The van der Waals surface area contributed by atoms with Gasteiger partial charge in [-0.25, -0.2) is 0 Å². The van der Waals surface area contributed by atoms with Gasteiger partial charge in [0.05, 0.1) is 0 Å². The summed E-state index contributed by atoms with van der Waals surface area (Å²) >= 11 is 1.79. The lowest BCUT2D eigenvalue weighted by atomic mass is 10.3. The summed E-state index contributed by atoms with van der Waals surface area (Å²) in [5, 5.41) is 0.727. The Bertz CT molecular complexity index is 40.8. The molecule has 0 aromatic carbocycles. The Hall–Kier alpha value is 0.310. The Balaban J connectivity index is 2.18. The summed E-state index contributed by atoms with van der Waals surface area (Å²) in [6.45, 7) is 3.26. The largest absolute Gasteiger partial charge is 0.264 e. The van der Waals surface area contributed by atoms with Crippen LogP contribution in [-0.2, 0) is 0 Å². The first-order chi connectivity index (χ1) is 2.89. The number of rotatable bonds is 0. The van der Waals surface area contributed by atoms with Gasteiger partial charge in [-0.1, -0.05) is 18.9 Å². The average Bonchev–Trinajstić information content (AvgIpc) is 1.86. The van der Waals surface area contributed by atoms with Crippen LogP contribution in [0, 0.1) is 6.42 Å². The quantitative estimate of drug-likeness (QED) is 0.455. The van der Waals surface area contributed by atoms with Gasteiger partial charge in [-0.2, -0.15) is 0 Å². The van der Waals surface area contributed by atoms with Crippen LogP contribution < -0.4 is 4.72 Å². The van der Waals surface area contributed by atoms with Crippen molar-refractivity contribution in [2.75, 3.05) is 6.54 Å². The molecule has 0 spiro atoms. The highest BCUT2D eigenvalue weighted by atomic mass is 32.2. The third kappa shape index (κ3) is 0.884. The predicted octanol–water partition coefficient (Wildman–Crippen LogP) is 0.831. The lowest BCUT2D eigenvalue weighted by Gasteiger charge is -1.89. The fraction of sp³-hybridized carbons (Fsp3) is 0.750. The molecule has 1 saturated heterocycles. The van der Waals surface area contributed by atoms with Crippen molar-refractivity contribution in [2.45, 2.75) is 12.2 Å². The summed E-state index contributed by atoms with van der Waals surface area (Å²) in [6, 6.07) is 0. The van der Waals surface area contributed by atoms with E-state index < -0.39 is 0 Å². The zero-order valence-electron chi connectivity index (χ0n) is 3.77. The minimum Gasteiger partial charge on any atom is -0.264 e. The predicted molar refractivity (Wildman–Crippen MR) is 29.4 cm³/mol. The van der Waals surface area contributed by atoms with E-state index in [1.54, 1.807) is 11.9 Å². The Labute approximate surface area is 42.6 Å². The first kappa shape index (κ1) is 4.47. The van der Waals surface area contributed by atoms with E-state index in [1.165, 1.54) is 0 Å². The van der Waals surface area contributed by atoms with E-state index in [4.69, 9.17) is 0 Å². The number of hydrogen-bond acceptors (Lipinski definition) is 2. The van der Waals surface area contributed by atoms with Crippen LogP contribution in [0.3, 0.4) is 0 Å². The molecule has 6 heavy (non-hydrogen) atoms. The Morgan fingerprint density at radius 3 is 3.00 bits per heavy atom. The standard InChI is InChI=1S/C4H8NS/c1-4-2-3-5-6-4/h2,4-5H,3H2,1H3. The van der Waals surface area contributed by atoms with Crippen LogP contribution in [0.1, 0.15) is 6.92 Å². The molecule has 1 radical (unpaired) electrons. The van der Waals surface area contributed by atoms with Crippen molar-refractivity contribution < 1.29 is 0 Å². The number of hydrogen-bond donors (Lipinski definition) is 1. The molecule has 2 heteroatoms. The van der Waals surface area contributed by atoms with Gasteiger partial charge in [-0.05, 0) is 6.42 Å². The molecule has 1 rings (SSSR count). The molecule has 1 heterocycles. The Morgan fingerprint density at radius 1 is 2.00 bits per heavy atom. The van der Waals surface area contributed by atoms with Crippen LogP contribution in [0.5, 0.6) is 0 Å². The van der Waals surface area contributed by atoms with Gasteiger partial charge in [0.25, 0.3) is 0 Å². The van der Waals surface area contributed by atoms with Gasteiger partial charge >= 0.3 is 0 Å². The van der Waals surface area contributed by atoms with Crippen LogP contribution in [0.2, 0.25) is 0 Å². The first-order valence-electron chi connectivity index (χ1n) is 2.11. The fourth-order valence-electron chi connectivity index (χ4n) is 0.442. The zero-order chi connectivity index (χ0) is 4.41. The lowest BCUT2D eigenvalue weighted by Crippen LogP contribution is -1.92. The van der Waals surface area contributed by atoms with Gasteiger partial charge in [0.1, 0.15) is 0 Å². The van der Waals surface area contributed by atoms with Gasteiger partial charge in [0.2, 0.25) is 0 Å². The zero-order valence-corrected chi connectivity index (χ0v) is 4.59. The Kier molecular flexibility index (Phi) is 1.37. The highest BCUT2D eigenvalue weighted by Gasteiger charge is 2.07. The van der Waals surface area contributed by atoms with E-state index in [0.717, 1.165) is 11.8 Å². The van der Waals surface area contributed by atoms with Crippen molar-refractivity contribution in [1.82, 2.24) is 4.72 Å². The van der Waals surface area contributed by atoms with E-state index in [1.807, 2.05) is 0 Å². The molecule has 0 aromatic rings. The smallest absolute Gasteiger partial charge is 0.0208 e. The van der Waals surface area contributed by atoms with Crippen molar-refractivity contribution in [3.05, 3.63) is 6.42 Å². The summed E-state index contributed by atoms with van der Waals surface area (Å²) in [5.41, 5.74) is 0. The second kappa shape index (κ2) is 1.85. The third-order valence-corrected chi connectivity index (χ3v) is 1.70. The van der Waals surface area contributed by atoms with E-state index in [0.29, 0.717) is 0 Å². The van der Waals surface area contributed by atoms with Gasteiger partial charge in [-0.15, -0.1) is 0 Å². The summed E-state index contributed by atoms with van der Waals surface area (Å²) in [5.74, 6) is 0. The van der Waals surface area contributed by atoms with Gasteiger partial charge in [0.15, 0.2) is 0 Å². The summed E-state index contributed by atoms with van der Waals surface area (Å²) in [6.07, 6.45) is 2.25. The van der Waals surface area contributed by atoms with Gasteiger partial charge < -0.3 is 0 Å². The molecule has 35 valence electrons. The van der Waals surface area contributed by atoms with E-state index >= 15 is 0 Å². The normalized spacial score (nSPS) is 34.5. The molecule has 0 bridgehead atoms. The maximum absolute atomic E-state index is 3.13. The second-order valence-corrected chi connectivity index (χ2v) is 2.68. The van der Waals surface area contributed by atoms with Crippen LogP contribution in [0.25, 0.3) is 0 Å². The molecule has 1 unspecified atom stereocenters. The van der Waals surface area contributed by atoms with E-state index in [2.05, 4.69) is 18.1 Å². The van der Waals surface area contributed by atoms with Crippen molar-refractivity contribution in [2.24, 2.45) is 0 Å². The summed E-state index contributed by atoms with van der Waals surface area (Å²) in [4.78, 5) is 0. The van der Waals surface area contributed by atoms with E-state index in [-0.39, 0.29) is 0 Å². The monoisotopic (exact) mass is 102 g/mol. The minimum absolute atomic E-state index is 0.727. The maximum Gasteiger partial charge on any atom is 0.0208 e. The fourth-order valence-corrected chi connectivity index (χ4v) is 1.09. The molecular formula is C4H8NS. The topological polar surface area (TPSA) is 12.0 Å². The number of nitrogens with one attached hydrogen (secondary N) is 1. The van der Waals surface area contributed by atoms with Crippen LogP contribution in [0.15, 0.2) is 0 Å². The molecule has 1 N–H and O–H groups in total. The first-order valence-corrected chi connectivity index (χ1v) is 2.99. The Morgan fingerprint density at radius 2 is 2.83 bits per heavy atom. The second-order valence-electron chi connectivity index (χ2n) is 1.41. The molecule has 1 atom stereocenters. The van der Waals surface area contributed by atoms with Crippen LogP contribution in [-0.4, -0.2) is 11.8 Å².